The van der Waals surface area contributed by atoms with Crippen LogP contribution in [-0.2, 0) is 11.3 Å². The van der Waals surface area contributed by atoms with Gasteiger partial charge in [-0.3, -0.25) is 14.5 Å². The Kier molecular flexibility index (Phi) is 6.27. The standard InChI is InChI=1S/C29H32N8O/c1-3-37-18-25(27(34-37)22-5-4-13-30-17-22)26-10-14-31-28(33-26)32-23-6-8-24(9-7-23)35-15-11-29(12-16-35)19-36(20-29)21(2)38/h4-10,13-14,17-18H,3,11-12,15-16,19-20H2,1-2H3,(H,31,32,33). The highest BCUT2D eigenvalue weighted by Gasteiger charge is 2.45. The van der Waals surface area contributed by atoms with Gasteiger partial charge in [-0.05, 0) is 62.2 Å². The van der Waals surface area contributed by atoms with E-state index in [-0.39, 0.29) is 5.91 Å². The van der Waals surface area contributed by atoms with Crippen LogP contribution in [0, 0.1) is 5.41 Å². The number of rotatable bonds is 6. The highest BCUT2D eigenvalue weighted by atomic mass is 16.2. The van der Waals surface area contributed by atoms with Gasteiger partial charge in [0, 0.05) is 92.4 Å². The number of nitrogens with zero attached hydrogens (tertiary/aromatic N) is 7. The molecule has 0 radical (unpaired) electrons. The normalized spacial score (nSPS) is 16.4. The molecule has 1 N–H and O–H groups in total. The zero-order valence-electron chi connectivity index (χ0n) is 21.8. The summed E-state index contributed by atoms with van der Waals surface area (Å²) in [6.07, 6.45) is 9.64. The van der Waals surface area contributed by atoms with E-state index >= 15 is 0 Å². The minimum atomic E-state index is 0.195. The smallest absolute Gasteiger partial charge is 0.227 e. The van der Waals surface area contributed by atoms with Crippen molar-refractivity contribution in [2.24, 2.45) is 5.41 Å². The fourth-order valence-electron chi connectivity index (χ4n) is 5.48. The van der Waals surface area contributed by atoms with E-state index in [1.54, 1.807) is 19.3 Å². The van der Waals surface area contributed by atoms with Crippen molar-refractivity contribution in [2.45, 2.75) is 33.2 Å². The molecule has 3 aromatic heterocycles. The van der Waals surface area contributed by atoms with Gasteiger partial charge in [-0.2, -0.15) is 5.10 Å². The number of benzene rings is 1. The number of carbonyl (C=O) groups is 1. The molecule has 1 spiro atoms. The third kappa shape index (κ3) is 4.71. The largest absolute Gasteiger partial charge is 0.371 e. The molecule has 2 aliphatic rings. The first-order valence-corrected chi connectivity index (χ1v) is 13.2. The quantitative estimate of drug-likeness (QED) is 0.406. The molecule has 0 aliphatic carbocycles. The van der Waals surface area contributed by atoms with Crippen LogP contribution in [-0.4, -0.2) is 61.7 Å². The molecular formula is C29H32N8O. The first-order chi connectivity index (χ1) is 18.5. The number of aromatic nitrogens is 5. The Balaban J connectivity index is 1.14. The number of aryl methyl sites for hydroxylation is 1. The van der Waals surface area contributed by atoms with Crippen molar-refractivity contribution >= 4 is 23.2 Å². The van der Waals surface area contributed by atoms with Crippen LogP contribution in [0.5, 0.6) is 0 Å². The number of amides is 1. The van der Waals surface area contributed by atoms with Crippen molar-refractivity contribution in [3.05, 3.63) is 67.3 Å². The second kappa shape index (κ2) is 9.89. The van der Waals surface area contributed by atoms with Crippen molar-refractivity contribution < 1.29 is 4.79 Å². The Labute approximate surface area is 222 Å². The van der Waals surface area contributed by atoms with Crippen LogP contribution in [0.3, 0.4) is 0 Å². The average Bonchev–Trinajstić information content (AvgIpc) is 3.38. The molecule has 9 heteroatoms. The van der Waals surface area contributed by atoms with Crippen molar-refractivity contribution in [1.29, 1.82) is 0 Å². The molecule has 1 amide bonds. The maximum absolute atomic E-state index is 11.6. The maximum atomic E-state index is 11.6. The van der Waals surface area contributed by atoms with Crippen LogP contribution in [0.1, 0.15) is 26.7 Å². The van der Waals surface area contributed by atoms with E-state index in [4.69, 9.17) is 10.1 Å². The Morgan fingerprint density at radius 3 is 2.53 bits per heavy atom. The lowest BCUT2D eigenvalue weighted by Gasteiger charge is -2.54. The molecule has 5 heterocycles. The number of pyridine rings is 1. The number of hydrogen-bond acceptors (Lipinski definition) is 7. The number of piperidine rings is 1. The molecule has 6 rings (SSSR count). The number of nitrogens with one attached hydrogen (secondary N) is 1. The van der Waals surface area contributed by atoms with Crippen LogP contribution in [0.25, 0.3) is 22.5 Å². The summed E-state index contributed by atoms with van der Waals surface area (Å²) in [4.78, 5) is 29.5. The lowest BCUT2D eigenvalue weighted by atomic mass is 9.72. The van der Waals surface area contributed by atoms with Gasteiger partial charge in [0.25, 0.3) is 0 Å². The predicted molar refractivity (Wildman–Crippen MR) is 148 cm³/mol. The summed E-state index contributed by atoms with van der Waals surface area (Å²) in [5.41, 5.74) is 6.05. The summed E-state index contributed by atoms with van der Waals surface area (Å²) in [5.74, 6) is 0.734. The van der Waals surface area contributed by atoms with Gasteiger partial charge in [-0.15, -0.1) is 0 Å². The molecule has 194 valence electrons. The molecule has 1 aromatic carbocycles. The fraction of sp³-hybridized carbons (Fsp3) is 0.345. The van der Waals surface area contributed by atoms with Crippen LogP contribution in [0.4, 0.5) is 17.3 Å². The van der Waals surface area contributed by atoms with E-state index in [1.807, 2.05) is 40.2 Å². The summed E-state index contributed by atoms with van der Waals surface area (Å²) < 4.78 is 1.92. The molecule has 4 aromatic rings. The van der Waals surface area contributed by atoms with E-state index in [2.05, 4.69) is 51.4 Å². The number of anilines is 3. The molecule has 38 heavy (non-hydrogen) atoms. The molecule has 0 saturated carbocycles. The zero-order valence-corrected chi connectivity index (χ0v) is 21.8. The second-order valence-corrected chi connectivity index (χ2v) is 10.3. The van der Waals surface area contributed by atoms with Crippen molar-refractivity contribution in [2.75, 3.05) is 36.4 Å². The summed E-state index contributed by atoms with van der Waals surface area (Å²) in [7, 11) is 0. The highest BCUT2D eigenvalue weighted by molar-refractivity contribution is 5.78. The van der Waals surface area contributed by atoms with Gasteiger partial charge in [0.1, 0.15) is 5.69 Å². The van der Waals surface area contributed by atoms with Crippen LogP contribution in [0.2, 0.25) is 0 Å². The average molecular weight is 509 g/mol. The predicted octanol–water partition coefficient (Wildman–Crippen LogP) is 4.61. The third-order valence-corrected chi connectivity index (χ3v) is 7.76. The number of carbonyl (C=O) groups excluding carboxylic acids is 1. The minimum absolute atomic E-state index is 0.195. The molecule has 2 saturated heterocycles. The van der Waals surface area contributed by atoms with E-state index in [1.165, 1.54) is 5.69 Å². The Bertz CT molecular complexity index is 1420. The van der Waals surface area contributed by atoms with E-state index in [0.29, 0.717) is 11.4 Å². The molecule has 0 unspecified atom stereocenters. The summed E-state index contributed by atoms with van der Waals surface area (Å²) in [6, 6.07) is 14.3. The number of likely N-dealkylation sites (tertiary alicyclic amines) is 1. The van der Waals surface area contributed by atoms with Crippen LogP contribution < -0.4 is 10.2 Å². The van der Waals surface area contributed by atoms with Crippen LogP contribution >= 0.6 is 0 Å². The van der Waals surface area contributed by atoms with Crippen LogP contribution in [0.15, 0.2) is 67.3 Å². The van der Waals surface area contributed by atoms with Crippen molar-refractivity contribution in [1.82, 2.24) is 29.6 Å². The summed E-state index contributed by atoms with van der Waals surface area (Å²) >= 11 is 0. The second-order valence-electron chi connectivity index (χ2n) is 10.3. The van der Waals surface area contributed by atoms with E-state index < -0.39 is 0 Å². The van der Waals surface area contributed by atoms with Crippen molar-refractivity contribution in [3.63, 3.8) is 0 Å². The third-order valence-electron chi connectivity index (χ3n) is 7.76. The molecule has 9 nitrogen and oxygen atoms in total. The van der Waals surface area contributed by atoms with Gasteiger partial charge in [0.15, 0.2) is 0 Å². The maximum Gasteiger partial charge on any atom is 0.227 e. The lowest BCUT2D eigenvalue weighted by Crippen LogP contribution is -2.61. The molecule has 0 bridgehead atoms. The minimum Gasteiger partial charge on any atom is -0.371 e. The molecule has 2 aliphatic heterocycles. The van der Waals surface area contributed by atoms with Crippen molar-refractivity contribution in [3.8, 4) is 22.5 Å². The molecule has 2 fully saturated rings. The fourth-order valence-corrected chi connectivity index (χ4v) is 5.48. The van der Waals surface area contributed by atoms with Gasteiger partial charge in [0.2, 0.25) is 11.9 Å². The zero-order chi connectivity index (χ0) is 26.1. The van der Waals surface area contributed by atoms with Gasteiger partial charge < -0.3 is 15.1 Å². The Morgan fingerprint density at radius 1 is 1.05 bits per heavy atom. The molecular weight excluding hydrogens is 476 g/mol. The highest BCUT2D eigenvalue weighted by Crippen LogP contribution is 2.41. The number of hydrogen-bond donors (Lipinski definition) is 1. The molecule has 0 atom stereocenters. The van der Waals surface area contributed by atoms with E-state index in [0.717, 1.165) is 73.8 Å². The van der Waals surface area contributed by atoms with Gasteiger partial charge in [-0.25, -0.2) is 9.97 Å². The van der Waals surface area contributed by atoms with Gasteiger partial charge in [-0.1, -0.05) is 0 Å². The SMILES string of the molecule is CCn1cc(-c2ccnc(Nc3ccc(N4CCC5(CC4)CN(C(C)=O)C5)cc3)n2)c(-c2cccnc2)n1. The Morgan fingerprint density at radius 2 is 1.84 bits per heavy atom. The van der Waals surface area contributed by atoms with Gasteiger partial charge in [0.05, 0.1) is 5.69 Å². The first kappa shape index (κ1) is 24.1. The topological polar surface area (TPSA) is 92.1 Å². The lowest BCUT2D eigenvalue weighted by molar-refractivity contribution is -0.142. The monoisotopic (exact) mass is 508 g/mol. The van der Waals surface area contributed by atoms with Gasteiger partial charge >= 0.3 is 0 Å². The summed E-state index contributed by atoms with van der Waals surface area (Å²) in [6.45, 7) is 8.38. The Hall–Kier alpha value is -4.27. The summed E-state index contributed by atoms with van der Waals surface area (Å²) in [5, 5.41) is 8.10. The first-order valence-electron chi connectivity index (χ1n) is 13.2. The van der Waals surface area contributed by atoms with E-state index in [9.17, 15) is 4.79 Å².